The van der Waals surface area contributed by atoms with Gasteiger partial charge in [0.25, 0.3) is 0 Å². The third-order valence-corrected chi connectivity index (χ3v) is 5.68. The topological polar surface area (TPSA) is 98.2 Å². The van der Waals surface area contributed by atoms with E-state index in [1.807, 2.05) is 43.3 Å². The molecule has 3 aromatic carbocycles. The predicted octanol–water partition coefficient (Wildman–Crippen LogP) is 5.14. The maximum atomic E-state index is 11.8. The molecular weight excluding hydrogens is 402 g/mol. The van der Waals surface area contributed by atoms with Crippen LogP contribution in [0.4, 0.5) is 0 Å². The summed E-state index contributed by atoms with van der Waals surface area (Å²) >= 11 is 0. The number of nitrogens with zero attached hydrogens (tertiary/aromatic N) is 2. The van der Waals surface area contributed by atoms with Gasteiger partial charge in [-0.25, -0.2) is 9.78 Å². The first kappa shape index (κ1) is 21.3. The minimum atomic E-state index is -0.953. The lowest BCUT2D eigenvalue weighted by Gasteiger charge is -2.14. The molecule has 0 aliphatic heterocycles. The van der Waals surface area contributed by atoms with Gasteiger partial charge < -0.3 is 10.8 Å². The number of carboxylic acids is 1. The SMILES string of the molecule is CCCCc1nc2ccc(C(N)=O)cc2n1-c1ccc(-c2ccccc2C(=O)O)c(C)c1. The summed E-state index contributed by atoms with van der Waals surface area (Å²) in [4.78, 5) is 28.3. The van der Waals surface area contributed by atoms with E-state index in [9.17, 15) is 14.7 Å². The summed E-state index contributed by atoms with van der Waals surface area (Å²) in [7, 11) is 0. The number of primary amides is 1. The zero-order chi connectivity index (χ0) is 22.8. The minimum absolute atomic E-state index is 0.270. The van der Waals surface area contributed by atoms with Crippen LogP contribution in [0.25, 0.3) is 27.8 Å². The summed E-state index contributed by atoms with van der Waals surface area (Å²) < 4.78 is 2.07. The molecule has 6 nitrogen and oxygen atoms in total. The van der Waals surface area contributed by atoms with E-state index >= 15 is 0 Å². The second kappa shape index (κ2) is 8.67. The highest BCUT2D eigenvalue weighted by Gasteiger charge is 2.17. The number of aromatic nitrogens is 2. The van der Waals surface area contributed by atoms with Crippen LogP contribution in [0, 0.1) is 6.92 Å². The molecule has 1 amide bonds. The number of rotatable bonds is 7. The van der Waals surface area contributed by atoms with Gasteiger partial charge in [-0.3, -0.25) is 9.36 Å². The standard InChI is InChI=1S/C26H25N3O3/c1-3-4-9-24-28-22-13-10-17(25(27)30)15-23(22)29(24)18-11-12-19(16(2)14-18)20-7-5-6-8-21(20)26(31)32/h5-8,10-15H,3-4,9H2,1-2H3,(H2,27,30)(H,31,32). The number of carboxylic acid groups (broad SMARTS) is 1. The van der Waals surface area contributed by atoms with E-state index in [4.69, 9.17) is 10.7 Å². The van der Waals surface area contributed by atoms with E-state index in [2.05, 4.69) is 11.5 Å². The second-order valence-electron chi connectivity index (χ2n) is 7.88. The highest BCUT2D eigenvalue weighted by molar-refractivity contribution is 5.97. The Bertz CT molecular complexity index is 1340. The molecule has 162 valence electrons. The number of imidazole rings is 1. The van der Waals surface area contributed by atoms with Crippen molar-refractivity contribution >= 4 is 22.9 Å². The van der Waals surface area contributed by atoms with Crippen LogP contribution < -0.4 is 5.73 Å². The third kappa shape index (κ3) is 3.87. The molecule has 0 atom stereocenters. The molecule has 0 aliphatic rings. The highest BCUT2D eigenvalue weighted by atomic mass is 16.4. The Morgan fingerprint density at radius 2 is 1.81 bits per heavy atom. The van der Waals surface area contributed by atoms with Crippen LogP contribution in [0.1, 0.15) is 51.9 Å². The number of fused-ring (bicyclic) bond motifs is 1. The maximum absolute atomic E-state index is 11.8. The maximum Gasteiger partial charge on any atom is 0.336 e. The average molecular weight is 428 g/mol. The fourth-order valence-electron chi connectivity index (χ4n) is 4.06. The molecular formula is C26H25N3O3. The van der Waals surface area contributed by atoms with Crippen molar-refractivity contribution in [2.24, 2.45) is 5.73 Å². The number of carbonyl (C=O) groups is 2. The van der Waals surface area contributed by atoms with Gasteiger partial charge >= 0.3 is 5.97 Å². The first-order valence-corrected chi connectivity index (χ1v) is 10.7. The molecule has 0 unspecified atom stereocenters. The molecule has 0 saturated carbocycles. The summed E-state index contributed by atoms with van der Waals surface area (Å²) in [6, 6.07) is 18.2. The van der Waals surface area contributed by atoms with Gasteiger partial charge in [0.2, 0.25) is 5.91 Å². The van der Waals surface area contributed by atoms with Gasteiger partial charge in [0, 0.05) is 17.7 Å². The van der Waals surface area contributed by atoms with E-state index in [-0.39, 0.29) is 5.56 Å². The predicted molar refractivity (Wildman–Crippen MR) is 125 cm³/mol. The number of aromatic carboxylic acids is 1. The van der Waals surface area contributed by atoms with Gasteiger partial charge in [-0.05, 0) is 66.4 Å². The fourth-order valence-corrected chi connectivity index (χ4v) is 4.06. The normalized spacial score (nSPS) is 11.1. The molecule has 0 aliphatic carbocycles. The summed E-state index contributed by atoms with van der Waals surface area (Å²) in [6.07, 6.45) is 2.84. The molecule has 0 spiro atoms. The molecule has 4 rings (SSSR count). The lowest BCUT2D eigenvalue weighted by molar-refractivity contribution is 0.0697. The van der Waals surface area contributed by atoms with E-state index in [1.165, 1.54) is 0 Å². The Morgan fingerprint density at radius 1 is 1.03 bits per heavy atom. The Hall–Kier alpha value is -3.93. The van der Waals surface area contributed by atoms with Crippen LogP contribution >= 0.6 is 0 Å². The van der Waals surface area contributed by atoms with Crippen molar-refractivity contribution in [3.63, 3.8) is 0 Å². The summed E-state index contributed by atoms with van der Waals surface area (Å²) in [6.45, 7) is 4.11. The Kier molecular flexibility index (Phi) is 5.77. The largest absolute Gasteiger partial charge is 0.478 e. The van der Waals surface area contributed by atoms with Crippen LogP contribution in [0.2, 0.25) is 0 Å². The van der Waals surface area contributed by atoms with Crippen molar-refractivity contribution in [1.29, 1.82) is 0 Å². The number of carbonyl (C=O) groups excluding carboxylic acids is 1. The molecule has 0 radical (unpaired) electrons. The van der Waals surface area contributed by atoms with Crippen molar-refractivity contribution in [3.05, 3.63) is 83.2 Å². The van der Waals surface area contributed by atoms with Crippen LogP contribution in [0.15, 0.2) is 60.7 Å². The first-order valence-electron chi connectivity index (χ1n) is 10.7. The van der Waals surface area contributed by atoms with Gasteiger partial charge in [0.1, 0.15) is 5.82 Å². The first-order chi connectivity index (χ1) is 15.4. The Morgan fingerprint density at radius 3 is 2.50 bits per heavy atom. The number of benzene rings is 3. The van der Waals surface area contributed by atoms with Gasteiger partial charge in [-0.15, -0.1) is 0 Å². The zero-order valence-electron chi connectivity index (χ0n) is 18.1. The number of hydrogen-bond acceptors (Lipinski definition) is 3. The lowest BCUT2D eigenvalue weighted by Crippen LogP contribution is -2.10. The molecule has 32 heavy (non-hydrogen) atoms. The number of hydrogen-bond donors (Lipinski definition) is 2. The molecule has 0 saturated heterocycles. The van der Waals surface area contributed by atoms with Crippen molar-refractivity contribution in [2.75, 3.05) is 0 Å². The van der Waals surface area contributed by atoms with E-state index in [0.717, 1.165) is 52.9 Å². The van der Waals surface area contributed by atoms with Crippen molar-refractivity contribution < 1.29 is 14.7 Å². The average Bonchev–Trinajstić information content (AvgIpc) is 3.15. The van der Waals surface area contributed by atoms with Crippen molar-refractivity contribution in [1.82, 2.24) is 9.55 Å². The van der Waals surface area contributed by atoms with E-state index in [0.29, 0.717) is 11.1 Å². The summed E-state index contributed by atoms with van der Waals surface area (Å²) in [5, 5.41) is 9.58. The molecule has 6 heteroatoms. The molecule has 0 fully saturated rings. The highest BCUT2D eigenvalue weighted by Crippen LogP contribution is 2.31. The van der Waals surface area contributed by atoms with E-state index in [1.54, 1.807) is 24.3 Å². The Balaban J connectivity index is 1.89. The number of unbranched alkanes of at least 4 members (excludes halogenated alkanes) is 1. The number of amides is 1. The Labute approximate surface area is 186 Å². The molecule has 0 bridgehead atoms. The monoisotopic (exact) mass is 427 g/mol. The van der Waals surface area contributed by atoms with Crippen LogP contribution in [-0.2, 0) is 6.42 Å². The molecule has 3 N–H and O–H groups in total. The van der Waals surface area contributed by atoms with Gasteiger partial charge in [0.15, 0.2) is 0 Å². The summed E-state index contributed by atoms with van der Waals surface area (Å²) in [5.41, 5.74) is 11.3. The van der Waals surface area contributed by atoms with Crippen LogP contribution in [-0.4, -0.2) is 26.5 Å². The fraction of sp³-hybridized carbons (Fsp3) is 0.192. The number of nitrogens with two attached hydrogens (primary N) is 1. The van der Waals surface area contributed by atoms with Crippen LogP contribution in [0.5, 0.6) is 0 Å². The van der Waals surface area contributed by atoms with Gasteiger partial charge in [0.05, 0.1) is 16.6 Å². The molecule has 1 heterocycles. The molecule has 1 aromatic heterocycles. The van der Waals surface area contributed by atoms with Crippen LogP contribution in [0.3, 0.4) is 0 Å². The zero-order valence-corrected chi connectivity index (χ0v) is 18.1. The summed E-state index contributed by atoms with van der Waals surface area (Å²) in [5.74, 6) is -0.515. The lowest BCUT2D eigenvalue weighted by atomic mass is 9.95. The van der Waals surface area contributed by atoms with Crippen molar-refractivity contribution in [2.45, 2.75) is 33.1 Å². The number of aryl methyl sites for hydroxylation is 2. The molecule has 4 aromatic rings. The third-order valence-electron chi connectivity index (χ3n) is 5.68. The van der Waals surface area contributed by atoms with Gasteiger partial charge in [-0.1, -0.05) is 37.6 Å². The smallest absolute Gasteiger partial charge is 0.336 e. The van der Waals surface area contributed by atoms with Gasteiger partial charge in [-0.2, -0.15) is 0 Å². The second-order valence-corrected chi connectivity index (χ2v) is 7.88. The van der Waals surface area contributed by atoms with Crippen molar-refractivity contribution in [3.8, 4) is 16.8 Å². The van der Waals surface area contributed by atoms with E-state index < -0.39 is 11.9 Å². The quantitative estimate of drug-likeness (QED) is 0.427. The minimum Gasteiger partial charge on any atom is -0.478 e.